The van der Waals surface area contributed by atoms with E-state index >= 15 is 0 Å². The van der Waals surface area contributed by atoms with E-state index in [9.17, 15) is 9.50 Å². The molecule has 0 spiro atoms. The van der Waals surface area contributed by atoms with Crippen LogP contribution in [0.25, 0.3) is 0 Å². The van der Waals surface area contributed by atoms with E-state index < -0.39 is 11.9 Å². The molecule has 1 atom stereocenters. The summed E-state index contributed by atoms with van der Waals surface area (Å²) in [6, 6.07) is 11.5. The van der Waals surface area contributed by atoms with Crippen LogP contribution in [-0.2, 0) is 0 Å². The largest absolute Gasteiger partial charge is 0.454 e. The van der Waals surface area contributed by atoms with Gasteiger partial charge in [0.15, 0.2) is 11.6 Å². The Bertz CT molecular complexity index is 555. The van der Waals surface area contributed by atoms with Gasteiger partial charge < -0.3 is 9.84 Å². The topological polar surface area (TPSA) is 29.5 Å². The van der Waals surface area contributed by atoms with Crippen LogP contribution in [0.4, 0.5) is 4.39 Å². The number of hydrogen-bond donors (Lipinski definition) is 1. The van der Waals surface area contributed by atoms with Crippen molar-refractivity contribution in [3.05, 3.63) is 58.3 Å². The molecule has 2 aromatic rings. The lowest BCUT2D eigenvalue weighted by molar-refractivity contribution is 0.173. The van der Waals surface area contributed by atoms with Crippen LogP contribution in [0.3, 0.4) is 0 Å². The molecule has 2 nitrogen and oxygen atoms in total. The summed E-state index contributed by atoms with van der Waals surface area (Å²) < 4.78 is 19.8. The predicted molar refractivity (Wildman–Crippen MR) is 75.9 cm³/mol. The fourth-order valence-electron chi connectivity index (χ4n) is 1.68. The molecule has 0 saturated heterocycles. The lowest BCUT2D eigenvalue weighted by atomic mass is 10.1. The Morgan fingerprint density at radius 3 is 2.53 bits per heavy atom. The monoisotopic (exact) mass is 324 g/mol. The number of halogens is 2. The highest BCUT2D eigenvalue weighted by atomic mass is 79.9. The van der Waals surface area contributed by atoms with E-state index in [0.29, 0.717) is 12.2 Å². The Balaban J connectivity index is 2.17. The summed E-state index contributed by atoms with van der Waals surface area (Å²) in [6.07, 6.45) is 0.178. The van der Waals surface area contributed by atoms with Crippen molar-refractivity contribution in [1.82, 2.24) is 0 Å². The second-order valence-electron chi connectivity index (χ2n) is 4.17. The minimum Gasteiger partial charge on any atom is -0.454 e. The molecule has 0 fully saturated rings. The van der Waals surface area contributed by atoms with Gasteiger partial charge in [0.25, 0.3) is 0 Å². The van der Waals surface area contributed by atoms with Gasteiger partial charge in [-0.2, -0.15) is 0 Å². The van der Waals surface area contributed by atoms with Crippen molar-refractivity contribution < 1.29 is 14.2 Å². The molecule has 0 radical (unpaired) electrons. The number of aliphatic hydroxyl groups excluding tert-OH is 1. The van der Waals surface area contributed by atoms with Crippen LogP contribution in [-0.4, -0.2) is 5.11 Å². The molecular weight excluding hydrogens is 311 g/mol. The molecule has 0 unspecified atom stereocenters. The van der Waals surface area contributed by atoms with Gasteiger partial charge in [-0.25, -0.2) is 4.39 Å². The first-order chi connectivity index (χ1) is 9.10. The maximum absolute atomic E-state index is 13.5. The van der Waals surface area contributed by atoms with Gasteiger partial charge in [-0.15, -0.1) is 0 Å². The summed E-state index contributed by atoms with van der Waals surface area (Å²) in [5, 5.41) is 9.68. The molecule has 0 aromatic heterocycles. The predicted octanol–water partition coefficient (Wildman–Crippen LogP) is 4.82. The minimum atomic E-state index is -0.475. The van der Waals surface area contributed by atoms with Gasteiger partial charge in [-0.05, 0) is 42.3 Å². The van der Waals surface area contributed by atoms with E-state index in [2.05, 4.69) is 15.9 Å². The molecule has 4 heteroatoms. The zero-order valence-corrected chi connectivity index (χ0v) is 12.0. The van der Waals surface area contributed by atoms with Crippen LogP contribution < -0.4 is 4.74 Å². The molecule has 0 aliphatic heterocycles. The lowest BCUT2D eigenvalue weighted by Gasteiger charge is -2.10. The molecule has 0 heterocycles. The molecule has 0 amide bonds. The molecule has 1 N–H and O–H groups in total. The van der Waals surface area contributed by atoms with E-state index in [1.54, 1.807) is 36.4 Å². The number of rotatable bonds is 4. The summed E-state index contributed by atoms with van der Waals surface area (Å²) in [4.78, 5) is 0. The molecule has 0 bridgehead atoms. The maximum Gasteiger partial charge on any atom is 0.165 e. The van der Waals surface area contributed by atoms with E-state index in [-0.39, 0.29) is 5.75 Å². The van der Waals surface area contributed by atoms with Gasteiger partial charge >= 0.3 is 0 Å². The highest BCUT2D eigenvalue weighted by Gasteiger charge is 2.07. The Morgan fingerprint density at radius 1 is 1.21 bits per heavy atom. The summed E-state index contributed by atoms with van der Waals surface area (Å²) >= 11 is 3.27. The number of hydrogen-bond acceptors (Lipinski definition) is 2. The van der Waals surface area contributed by atoms with Gasteiger partial charge in [0, 0.05) is 4.47 Å². The molecular formula is C15H14BrFO2. The third-order valence-corrected chi connectivity index (χ3v) is 3.27. The molecule has 19 heavy (non-hydrogen) atoms. The summed E-state index contributed by atoms with van der Waals surface area (Å²) in [6.45, 7) is 1.91. The molecule has 100 valence electrons. The molecule has 0 aliphatic carbocycles. The van der Waals surface area contributed by atoms with E-state index in [1.807, 2.05) is 6.92 Å². The van der Waals surface area contributed by atoms with E-state index in [4.69, 9.17) is 4.74 Å². The first kappa shape index (κ1) is 14.0. The van der Waals surface area contributed by atoms with Crippen molar-refractivity contribution in [2.24, 2.45) is 0 Å². The van der Waals surface area contributed by atoms with Crippen molar-refractivity contribution in [2.45, 2.75) is 19.4 Å². The molecule has 2 rings (SSSR count). The number of aliphatic hydroxyl groups is 1. The smallest absolute Gasteiger partial charge is 0.165 e. The second kappa shape index (κ2) is 6.17. The number of benzene rings is 2. The standard InChI is InChI=1S/C15H14BrFO2/c1-2-14(18)10-3-6-12(7-4-10)19-15-9-11(16)5-8-13(15)17/h3-9,14,18H,2H2,1H3/t14-/m0/s1. The van der Waals surface area contributed by atoms with Crippen LogP contribution in [0.15, 0.2) is 46.9 Å². The van der Waals surface area contributed by atoms with Gasteiger partial charge in [0.1, 0.15) is 5.75 Å². The third-order valence-electron chi connectivity index (χ3n) is 2.77. The quantitative estimate of drug-likeness (QED) is 0.873. The lowest BCUT2D eigenvalue weighted by Crippen LogP contribution is -1.95. The average molecular weight is 325 g/mol. The summed E-state index contributed by atoms with van der Waals surface area (Å²) in [7, 11) is 0. The van der Waals surface area contributed by atoms with Crippen molar-refractivity contribution in [3.63, 3.8) is 0 Å². The normalized spacial score (nSPS) is 12.2. The average Bonchev–Trinajstić information content (AvgIpc) is 2.43. The maximum atomic E-state index is 13.5. The van der Waals surface area contributed by atoms with Crippen molar-refractivity contribution in [1.29, 1.82) is 0 Å². The first-order valence-electron chi connectivity index (χ1n) is 6.01. The SMILES string of the molecule is CC[C@H](O)c1ccc(Oc2cc(Br)ccc2F)cc1. The van der Waals surface area contributed by atoms with Crippen molar-refractivity contribution >= 4 is 15.9 Å². The van der Waals surface area contributed by atoms with Gasteiger partial charge in [0.05, 0.1) is 6.10 Å². The zero-order chi connectivity index (χ0) is 13.8. The molecule has 2 aromatic carbocycles. The Kier molecular flexibility index (Phi) is 4.56. The van der Waals surface area contributed by atoms with Crippen molar-refractivity contribution in [2.75, 3.05) is 0 Å². The molecule has 0 aliphatic rings. The zero-order valence-electron chi connectivity index (χ0n) is 10.4. The van der Waals surface area contributed by atoms with Crippen LogP contribution in [0.1, 0.15) is 25.0 Å². The third kappa shape index (κ3) is 3.55. The Morgan fingerprint density at radius 2 is 1.89 bits per heavy atom. The highest BCUT2D eigenvalue weighted by molar-refractivity contribution is 9.10. The van der Waals surface area contributed by atoms with E-state index in [0.717, 1.165) is 10.0 Å². The van der Waals surface area contributed by atoms with Crippen molar-refractivity contribution in [3.8, 4) is 11.5 Å². The van der Waals surface area contributed by atoms with Gasteiger partial charge in [0.2, 0.25) is 0 Å². The minimum absolute atomic E-state index is 0.165. The van der Waals surface area contributed by atoms with Gasteiger partial charge in [-0.1, -0.05) is 35.0 Å². The van der Waals surface area contributed by atoms with Crippen LogP contribution in [0.5, 0.6) is 11.5 Å². The Hall–Kier alpha value is -1.39. The van der Waals surface area contributed by atoms with E-state index in [1.165, 1.54) is 6.07 Å². The van der Waals surface area contributed by atoms with Gasteiger partial charge in [-0.3, -0.25) is 0 Å². The Labute approximate surface area is 120 Å². The first-order valence-corrected chi connectivity index (χ1v) is 6.80. The number of ether oxygens (including phenoxy) is 1. The fraction of sp³-hybridized carbons (Fsp3) is 0.200. The second-order valence-corrected chi connectivity index (χ2v) is 5.09. The molecule has 0 saturated carbocycles. The fourth-order valence-corrected chi connectivity index (χ4v) is 2.02. The summed E-state index contributed by atoms with van der Waals surface area (Å²) in [5.74, 6) is 0.281. The van der Waals surface area contributed by atoms with Crippen LogP contribution in [0, 0.1) is 5.82 Å². The van der Waals surface area contributed by atoms with Crippen LogP contribution in [0.2, 0.25) is 0 Å². The van der Waals surface area contributed by atoms with Crippen LogP contribution >= 0.6 is 15.9 Å². The summed E-state index contributed by atoms with van der Waals surface area (Å²) in [5.41, 5.74) is 0.824. The highest BCUT2D eigenvalue weighted by Crippen LogP contribution is 2.28.